The SMILES string of the molecule is COC1CC2CCC(C1)N2C(=O)c1ccc(C(=O)NCC(O)[C@@H]2Cc3ccccc3CN2)cc1. The predicted molar refractivity (Wildman–Crippen MR) is 129 cm³/mol. The smallest absolute Gasteiger partial charge is 0.254 e. The molecule has 2 bridgehead atoms. The highest BCUT2D eigenvalue weighted by Crippen LogP contribution is 2.37. The first-order valence-electron chi connectivity index (χ1n) is 12.3. The second-order valence-electron chi connectivity index (χ2n) is 9.74. The number of ether oxygens (including phenoxy) is 1. The third-order valence-electron chi connectivity index (χ3n) is 7.70. The van der Waals surface area contributed by atoms with Crippen molar-refractivity contribution >= 4 is 11.8 Å². The predicted octanol–water partition coefficient (Wildman–Crippen LogP) is 2.27. The molecule has 0 aromatic heterocycles. The van der Waals surface area contributed by atoms with Crippen molar-refractivity contribution in [1.82, 2.24) is 15.5 Å². The standard InChI is InChI=1S/C27H33N3O4/c1-34-23-13-21-10-11-22(14-23)30(21)27(33)18-8-6-17(7-9-18)26(32)29-16-25(31)24-12-19-4-2-3-5-20(19)15-28-24/h2-9,21-25,28,31H,10-16H2,1H3,(H,29,32)/t21?,22?,23?,24-,25?/m0/s1. The molecule has 180 valence electrons. The van der Waals surface area contributed by atoms with E-state index in [1.165, 1.54) is 11.1 Å². The van der Waals surface area contributed by atoms with E-state index in [1.807, 2.05) is 17.0 Å². The van der Waals surface area contributed by atoms with Gasteiger partial charge in [0.2, 0.25) is 0 Å². The number of benzene rings is 2. The minimum atomic E-state index is -0.691. The summed E-state index contributed by atoms with van der Waals surface area (Å²) < 4.78 is 5.54. The van der Waals surface area contributed by atoms with Crippen LogP contribution in [0.4, 0.5) is 0 Å². The number of hydrogen-bond donors (Lipinski definition) is 3. The lowest BCUT2D eigenvalue weighted by Gasteiger charge is -2.38. The van der Waals surface area contributed by atoms with Crippen LogP contribution in [0, 0.1) is 0 Å². The average molecular weight is 464 g/mol. The molecule has 7 heteroatoms. The summed E-state index contributed by atoms with van der Waals surface area (Å²) in [6.07, 6.45) is 4.12. The molecule has 3 aliphatic heterocycles. The molecule has 4 atom stereocenters. The van der Waals surface area contributed by atoms with E-state index in [0.29, 0.717) is 17.7 Å². The molecular weight excluding hydrogens is 430 g/mol. The van der Waals surface area contributed by atoms with Crippen molar-refractivity contribution in [2.45, 2.75) is 69.0 Å². The third kappa shape index (κ3) is 4.60. The van der Waals surface area contributed by atoms with Gasteiger partial charge in [-0.25, -0.2) is 0 Å². The van der Waals surface area contributed by atoms with E-state index in [1.54, 1.807) is 31.4 Å². The molecule has 3 N–H and O–H groups in total. The van der Waals surface area contributed by atoms with Crippen molar-refractivity contribution in [1.29, 1.82) is 0 Å². The number of fused-ring (bicyclic) bond motifs is 3. The number of amides is 2. The molecule has 3 aliphatic rings. The van der Waals surface area contributed by atoms with Gasteiger partial charge in [-0.15, -0.1) is 0 Å². The van der Waals surface area contributed by atoms with Crippen LogP contribution in [0.25, 0.3) is 0 Å². The molecule has 3 unspecified atom stereocenters. The van der Waals surface area contributed by atoms with Crippen molar-refractivity contribution in [2.75, 3.05) is 13.7 Å². The zero-order chi connectivity index (χ0) is 23.7. The number of nitrogens with zero attached hydrogens (tertiary/aromatic N) is 1. The van der Waals surface area contributed by atoms with Crippen molar-refractivity contribution in [3.63, 3.8) is 0 Å². The molecule has 2 fully saturated rings. The van der Waals surface area contributed by atoms with Gasteiger partial charge in [-0.3, -0.25) is 9.59 Å². The molecule has 0 saturated carbocycles. The Morgan fingerprint density at radius 2 is 1.71 bits per heavy atom. The van der Waals surface area contributed by atoms with E-state index in [9.17, 15) is 14.7 Å². The topological polar surface area (TPSA) is 90.9 Å². The molecule has 2 aromatic carbocycles. The third-order valence-corrected chi connectivity index (χ3v) is 7.70. The highest BCUT2D eigenvalue weighted by molar-refractivity contribution is 5.98. The summed E-state index contributed by atoms with van der Waals surface area (Å²) in [4.78, 5) is 27.8. The number of rotatable bonds is 6. The van der Waals surface area contributed by atoms with Crippen LogP contribution in [0.2, 0.25) is 0 Å². The minimum absolute atomic E-state index is 0.0353. The van der Waals surface area contributed by atoms with E-state index in [-0.39, 0.29) is 42.6 Å². The molecule has 34 heavy (non-hydrogen) atoms. The van der Waals surface area contributed by atoms with E-state index in [4.69, 9.17) is 4.74 Å². The minimum Gasteiger partial charge on any atom is -0.390 e. The Labute approximate surface area is 200 Å². The molecule has 0 aliphatic carbocycles. The van der Waals surface area contributed by atoms with Gasteiger partial charge >= 0.3 is 0 Å². The Morgan fingerprint density at radius 1 is 1.06 bits per heavy atom. The summed E-state index contributed by atoms with van der Waals surface area (Å²) in [6, 6.07) is 15.4. The van der Waals surface area contributed by atoms with Gasteiger partial charge in [0.05, 0.1) is 12.2 Å². The first-order chi connectivity index (χ1) is 16.5. The summed E-state index contributed by atoms with van der Waals surface area (Å²) in [5.41, 5.74) is 3.57. The van der Waals surface area contributed by atoms with Gasteiger partial charge in [0.25, 0.3) is 11.8 Å². The number of aliphatic hydroxyl groups is 1. The molecule has 2 amide bonds. The van der Waals surface area contributed by atoms with Crippen LogP contribution in [0.15, 0.2) is 48.5 Å². The van der Waals surface area contributed by atoms with Crippen LogP contribution in [0.3, 0.4) is 0 Å². The summed E-state index contributed by atoms with van der Waals surface area (Å²) in [6.45, 7) is 0.878. The summed E-state index contributed by atoms with van der Waals surface area (Å²) in [5, 5.41) is 16.8. The van der Waals surface area contributed by atoms with Crippen LogP contribution in [0.1, 0.15) is 57.5 Å². The van der Waals surface area contributed by atoms with Crippen LogP contribution in [-0.4, -0.2) is 65.8 Å². The molecular formula is C27H33N3O4. The zero-order valence-corrected chi connectivity index (χ0v) is 19.6. The normalized spacial score (nSPS) is 26.6. The Morgan fingerprint density at radius 3 is 2.38 bits per heavy atom. The quantitative estimate of drug-likeness (QED) is 0.612. The first kappa shape index (κ1) is 23.0. The maximum absolute atomic E-state index is 13.2. The summed E-state index contributed by atoms with van der Waals surface area (Å²) in [5.74, 6) is -0.219. The highest BCUT2D eigenvalue weighted by Gasteiger charge is 2.43. The molecule has 0 spiro atoms. The molecule has 2 aromatic rings. The largest absolute Gasteiger partial charge is 0.390 e. The molecule has 7 nitrogen and oxygen atoms in total. The van der Waals surface area contributed by atoms with Crippen LogP contribution >= 0.6 is 0 Å². The second-order valence-corrected chi connectivity index (χ2v) is 9.74. The zero-order valence-electron chi connectivity index (χ0n) is 19.6. The van der Waals surface area contributed by atoms with Gasteiger partial charge in [-0.05, 0) is 67.5 Å². The maximum atomic E-state index is 13.2. The monoisotopic (exact) mass is 463 g/mol. The first-order valence-corrected chi connectivity index (χ1v) is 12.3. The number of methoxy groups -OCH3 is 1. The van der Waals surface area contributed by atoms with E-state index >= 15 is 0 Å². The fourth-order valence-corrected chi connectivity index (χ4v) is 5.76. The number of carbonyl (C=O) groups is 2. The van der Waals surface area contributed by atoms with E-state index < -0.39 is 6.10 Å². The number of piperidine rings is 1. The van der Waals surface area contributed by atoms with Gasteiger partial charge in [0.15, 0.2) is 0 Å². The van der Waals surface area contributed by atoms with Crippen molar-refractivity contribution < 1.29 is 19.4 Å². The number of carbonyl (C=O) groups excluding carboxylic acids is 2. The lowest BCUT2D eigenvalue weighted by molar-refractivity contribution is 0.00821. The van der Waals surface area contributed by atoms with Gasteiger partial charge in [-0.2, -0.15) is 0 Å². The van der Waals surface area contributed by atoms with Gasteiger partial charge in [0, 0.05) is 49.5 Å². The Hall–Kier alpha value is -2.74. The Kier molecular flexibility index (Phi) is 6.68. The van der Waals surface area contributed by atoms with Crippen LogP contribution < -0.4 is 10.6 Å². The maximum Gasteiger partial charge on any atom is 0.254 e. The van der Waals surface area contributed by atoms with Gasteiger partial charge < -0.3 is 25.4 Å². The summed E-state index contributed by atoms with van der Waals surface area (Å²) >= 11 is 0. The van der Waals surface area contributed by atoms with Crippen LogP contribution in [0.5, 0.6) is 0 Å². The second kappa shape index (κ2) is 9.86. The highest BCUT2D eigenvalue weighted by atomic mass is 16.5. The van der Waals surface area contributed by atoms with E-state index in [2.05, 4.69) is 22.8 Å². The van der Waals surface area contributed by atoms with Gasteiger partial charge in [0.1, 0.15) is 0 Å². The lowest BCUT2D eigenvalue weighted by Crippen LogP contribution is -2.49. The lowest BCUT2D eigenvalue weighted by atomic mass is 9.93. The van der Waals surface area contributed by atoms with Gasteiger partial charge in [-0.1, -0.05) is 24.3 Å². The molecule has 3 heterocycles. The molecule has 2 saturated heterocycles. The molecule has 5 rings (SSSR count). The average Bonchev–Trinajstić information content (AvgIpc) is 3.15. The number of hydrogen-bond acceptors (Lipinski definition) is 5. The Balaban J connectivity index is 1.15. The molecule has 0 radical (unpaired) electrons. The Bertz CT molecular complexity index is 1030. The fraction of sp³-hybridized carbons (Fsp3) is 0.481. The van der Waals surface area contributed by atoms with Crippen molar-refractivity contribution in [2.24, 2.45) is 0 Å². The van der Waals surface area contributed by atoms with E-state index in [0.717, 1.165) is 32.1 Å². The fourth-order valence-electron chi connectivity index (χ4n) is 5.76. The van der Waals surface area contributed by atoms with Crippen LogP contribution in [-0.2, 0) is 17.7 Å². The number of aliphatic hydroxyl groups excluding tert-OH is 1. The summed E-state index contributed by atoms with van der Waals surface area (Å²) in [7, 11) is 1.75. The van der Waals surface area contributed by atoms with Crippen molar-refractivity contribution in [3.8, 4) is 0 Å². The number of nitrogens with one attached hydrogen (secondary N) is 2. The van der Waals surface area contributed by atoms with Crippen molar-refractivity contribution in [3.05, 3.63) is 70.8 Å².